The summed E-state index contributed by atoms with van der Waals surface area (Å²) in [7, 11) is 2.09. The van der Waals surface area contributed by atoms with Gasteiger partial charge in [-0.2, -0.15) is 0 Å². The Hall–Kier alpha value is -0.870. The first-order valence-corrected chi connectivity index (χ1v) is 7.89. The molecule has 0 amide bonds. The minimum absolute atomic E-state index is 0.665. The summed E-state index contributed by atoms with van der Waals surface area (Å²) < 4.78 is 0. The second kappa shape index (κ2) is 9.14. The van der Waals surface area contributed by atoms with Gasteiger partial charge in [0.1, 0.15) is 0 Å². The molecule has 0 aliphatic carbocycles. The quantitative estimate of drug-likeness (QED) is 0.637. The van der Waals surface area contributed by atoms with Gasteiger partial charge in [-0.15, -0.1) is 0 Å². The molecule has 0 aromatic heterocycles. The number of nitrogens with zero attached hydrogens (tertiary/aromatic N) is 4. The van der Waals surface area contributed by atoms with Crippen molar-refractivity contribution < 1.29 is 0 Å². The average molecular weight is 280 g/mol. The second-order valence-corrected chi connectivity index (χ2v) is 6.04. The molecule has 0 N–H and O–H groups in total. The van der Waals surface area contributed by atoms with Crippen LogP contribution < -0.4 is 0 Å². The van der Waals surface area contributed by atoms with Crippen LogP contribution in [-0.4, -0.2) is 73.3 Å². The van der Waals surface area contributed by atoms with Crippen molar-refractivity contribution >= 4 is 6.72 Å². The lowest BCUT2D eigenvalue weighted by Gasteiger charge is -2.44. The van der Waals surface area contributed by atoms with E-state index >= 15 is 0 Å². The van der Waals surface area contributed by atoms with Crippen LogP contribution in [0.2, 0.25) is 0 Å². The fourth-order valence-electron chi connectivity index (χ4n) is 2.94. The summed E-state index contributed by atoms with van der Waals surface area (Å²) in [6.45, 7) is 16.2. The summed E-state index contributed by atoms with van der Waals surface area (Å²) in [5, 5.41) is 0. The SMILES string of the molecule is C=N/C=C\N(C)CCN1CCN(C(C)C)C(CCC)C1. The van der Waals surface area contributed by atoms with Gasteiger partial charge >= 0.3 is 0 Å². The number of aliphatic imine (C=N–C) groups is 1. The van der Waals surface area contributed by atoms with Crippen molar-refractivity contribution in [2.45, 2.75) is 45.7 Å². The monoisotopic (exact) mass is 280 g/mol. The number of likely N-dealkylation sites (N-methyl/N-ethyl adjacent to an activating group) is 1. The molecule has 0 aromatic carbocycles. The first kappa shape index (κ1) is 17.2. The molecule has 4 nitrogen and oxygen atoms in total. The first-order valence-electron chi connectivity index (χ1n) is 7.89. The number of rotatable bonds is 8. The van der Waals surface area contributed by atoms with Crippen molar-refractivity contribution in [2.24, 2.45) is 4.99 Å². The highest BCUT2D eigenvalue weighted by molar-refractivity contribution is 5.25. The van der Waals surface area contributed by atoms with Crippen LogP contribution in [0.3, 0.4) is 0 Å². The second-order valence-electron chi connectivity index (χ2n) is 6.04. The van der Waals surface area contributed by atoms with Crippen LogP contribution in [0.5, 0.6) is 0 Å². The fourth-order valence-corrected chi connectivity index (χ4v) is 2.94. The predicted molar refractivity (Wildman–Crippen MR) is 88.3 cm³/mol. The van der Waals surface area contributed by atoms with Crippen molar-refractivity contribution in [3.8, 4) is 0 Å². The Balaban J connectivity index is 2.41. The van der Waals surface area contributed by atoms with E-state index in [9.17, 15) is 0 Å². The van der Waals surface area contributed by atoms with Gasteiger partial charge in [-0.3, -0.25) is 14.8 Å². The summed E-state index contributed by atoms with van der Waals surface area (Å²) in [4.78, 5) is 11.2. The highest BCUT2D eigenvalue weighted by atomic mass is 15.3. The Morgan fingerprint density at radius 2 is 2.15 bits per heavy atom. The minimum atomic E-state index is 0.665. The third kappa shape index (κ3) is 5.63. The molecule has 20 heavy (non-hydrogen) atoms. The van der Waals surface area contributed by atoms with Gasteiger partial charge in [-0.25, -0.2) is 0 Å². The summed E-state index contributed by atoms with van der Waals surface area (Å²) in [5.74, 6) is 0. The molecule has 1 rings (SSSR count). The van der Waals surface area contributed by atoms with E-state index in [4.69, 9.17) is 0 Å². The molecule has 1 saturated heterocycles. The molecule has 1 atom stereocenters. The van der Waals surface area contributed by atoms with E-state index in [2.05, 4.69) is 54.2 Å². The largest absolute Gasteiger partial charge is 0.378 e. The highest BCUT2D eigenvalue weighted by Gasteiger charge is 2.27. The molecule has 1 aliphatic rings. The van der Waals surface area contributed by atoms with E-state index in [1.165, 1.54) is 32.5 Å². The molecular formula is C16H32N4. The van der Waals surface area contributed by atoms with Gasteiger partial charge in [0.25, 0.3) is 0 Å². The van der Waals surface area contributed by atoms with Gasteiger partial charge in [0.2, 0.25) is 0 Å². The lowest BCUT2D eigenvalue weighted by atomic mass is 10.0. The zero-order chi connectivity index (χ0) is 15.0. The van der Waals surface area contributed by atoms with Crippen molar-refractivity contribution in [1.29, 1.82) is 0 Å². The highest BCUT2D eigenvalue weighted by Crippen LogP contribution is 2.17. The standard InChI is InChI=1S/C16H32N4/c1-6-7-16-14-19(12-13-20(16)15(2)3)11-10-18(5)9-8-17-4/h8-9,15-16H,4,6-7,10-14H2,1-3,5H3/b9-8-. The fraction of sp³-hybridized carbons (Fsp3) is 0.812. The molecule has 0 bridgehead atoms. The molecule has 1 fully saturated rings. The van der Waals surface area contributed by atoms with Gasteiger partial charge in [-0.1, -0.05) is 13.3 Å². The van der Waals surface area contributed by atoms with E-state index in [1.54, 1.807) is 6.20 Å². The van der Waals surface area contributed by atoms with Gasteiger partial charge in [0, 0.05) is 64.3 Å². The van der Waals surface area contributed by atoms with Crippen LogP contribution in [-0.2, 0) is 0 Å². The van der Waals surface area contributed by atoms with Crippen LogP contribution in [0.25, 0.3) is 0 Å². The molecular weight excluding hydrogens is 248 g/mol. The minimum Gasteiger partial charge on any atom is -0.378 e. The molecule has 1 aliphatic heterocycles. The molecule has 1 heterocycles. The molecule has 0 aromatic rings. The molecule has 0 saturated carbocycles. The molecule has 116 valence electrons. The van der Waals surface area contributed by atoms with Gasteiger partial charge in [-0.05, 0) is 27.0 Å². The van der Waals surface area contributed by atoms with Gasteiger partial charge in [0.05, 0.1) is 0 Å². The molecule has 4 heteroatoms. The lowest BCUT2D eigenvalue weighted by Crippen LogP contribution is -2.56. The average Bonchev–Trinajstić information content (AvgIpc) is 2.43. The third-order valence-electron chi connectivity index (χ3n) is 4.09. The number of hydrogen-bond donors (Lipinski definition) is 0. The Morgan fingerprint density at radius 3 is 2.75 bits per heavy atom. The Bertz CT molecular complexity index is 301. The van der Waals surface area contributed by atoms with Gasteiger partial charge < -0.3 is 4.90 Å². The lowest BCUT2D eigenvalue weighted by molar-refractivity contribution is 0.0446. The summed E-state index contributed by atoms with van der Waals surface area (Å²) in [6, 6.07) is 1.39. The van der Waals surface area contributed by atoms with Crippen LogP contribution in [0.15, 0.2) is 17.4 Å². The third-order valence-corrected chi connectivity index (χ3v) is 4.09. The Morgan fingerprint density at radius 1 is 1.40 bits per heavy atom. The zero-order valence-electron chi connectivity index (χ0n) is 13.8. The maximum atomic E-state index is 3.74. The van der Waals surface area contributed by atoms with Crippen LogP contribution in [0, 0.1) is 0 Å². The maximum absolute atomic E-state index is 3.74. The Kier molecular flexibility index (Phi) is 7.85. The van der Waals surface area contributed by atoms with E-state index in [-0.39, 0.29) is 0 Å². The smallest absolute Gasteiger partial charge is 0.0419 e. The van der Waals surface area contributed by atoms with E-state index < -0.39 is 0 Å². The topological polar surface area (TPSA) is 22.1 Å². The predicted octanol–water partition coefficient (Wildman–Crippen LogP) is 2.28. The number of hydrogen-bond acceptors (Lipinski definition) is 4. The number of piperazine rings is 1. The zero-order valence-corrected chi connectivity index (χ0v) is 13.8. The van der Waals surface area contributed by atoms with Crippen LogP contribution >= 0.6 is 0 Å². The van der Waals surface area contributed by atoms with E-state index in [1.807, 2.05) is 6.20 Å². The van der Waals surface area contributed by atoms with E-state index in [0.29, 0.717) is 6.04 Å². The summed E-state index contributed by atoms with van der Waals surface area (Å²) in [5.41, 5.74) is 0. The first-order chi connectivity index (χ1) is 9.58. The molecule has 0 radical (unpaired) electrons. The van der Waals surface area contributed by atoms with E-state index in [0.717, 1.165) is 19.1 Å². The van der Waals surface area contributed by atoms with Crippen molar-refractivity contribution in [3.63, 3.8) is 0 Å². The molecule has 0 spiro atoms. The van der Waals surface area contributed by atoms with Crippen molar-refractivity contribution in [1.82, 2.24) is 14.7 Å². The van der Waals surface area contributed by atoms with Crippen LogP contribution in [0.1, 0.15) is 33.6 Å². The van der Waals surface area contributed by atoms with Gasteiger partial charge in [0.15, 0.2) is 0 Å². The normalized spacial score (nSPS) is 21.8. The Labute approximate surface area is 125 Å². The summed E-state index contributed by atoms with van der Waals surface area (Å²) >= 11 is 0. The van der Waals surface area contributed by atoms with Crippen molar-refractivity contribution in [2.75, 3.05) is 39.8 Å². The molecule has 1 unspecified atom stereocenters. The van der Waals surface area contributed by atoms with Crippen molar-refractivity contribution in [3.05, 3.63) is 12.4 Å². The van der Waals surface area contributed by atoms with Crippen LogP contribution in [0.4, 0.5) is 0 Å². The maximum Gasteiger partial charge on any atom is 0.0419 e. The summed E-state index contributed by atoms with van der Waals surface area (Å²) in [6.07, 6.45) is 6.32.